The Bertz CT molecular complexity index is 1610. The summed E-state index contributed by atoms with van der Waals surface area (Å²) in [6.07, 6.45) is 1.62. The van der Waals surface area contributed by atoms with E-state index in [9.17, 15) is 14.4 Å². The van der Waals surface area contributed by atoms with Crippen molar-refractivity contribution in [1.29, 1.82) is 0 Å². The topological polar surface area (TPSA) is 72.9 Å². The zero-order valence-corrected chi connectivity index (χ0v) is 23.1. The molecule has 0 N–H and O–H groups in total. The van der Waals surface area contributed by atoms with Crippen LogP contribution in [0.3, 0.4) is 0 Å². The highest BCUT2D eigenvalue weighted by Gasteiger charge is 2.35. The lowest BCUT2D eigenvalue weighted by Crippen LogP contribution is -2.27. The number of carbonyl (C=O) groups excluding carboxylic acids is 3. The third-order valence-electron chi connectivity index (χ3n) is 5.91. The van der Waals surface area contributed by atoms with Crippen LogP contribution in [0, 0.1) is 0 Å². The van der Waals surface area contributed by atoms with E-state index in [2.05, 4.69) is 15.9 Å². The van der Waals surface area contributed by atoms with Gasteiger partial charge in [-0.15, -0.1) is 0 Å². The standard InChI is InChI=1S/C29H19BrClNO5S/c1-36-24-14-17(13-23(30)26(24)37-28(34)19-9-11-21(31)12-10-19)15-25-27(33)32(29(35)38-25)16-20-7-4-6-18-5-2-3-8-22(18)20/h2-15H,16H2,1H3/b25-15-. The molecule has 0 bridgehead atoms. The zero-order chi connectivity index (χ0) is 26.8. The predicted molar refractivity (Wildman–Crippen MR) is 153 cm³/mol. The lowest BCUT2D eigenvalue weighted by atomic mass is 10.0. The molecule has 1 fully saturated rings. The zero-order valence-electron chi connectivity index (χ0n) is 19.9. The van der Waals surface area contributed by atoms with Crippen LogP contribution < -0.4 is 9.47 Å². The summed E-state index contributed by atoms with van der Waals surface area (Å²) in [5, 5.41) is 2.21. The smallest absolute Gasteiger partial charge is 0.343 e. The first kappa shape index (κ1) is 26.0. The fraction of sp³-hybridized carbons (Fsp3) is 0.0690. The van der Waals surface area contributed by atoms with Crippen molar-refractivity contribution in [3.63, 3.8) is 0 Å². The van der Waals surface area contributed by atoms with Gasteiger partial charge in [-0.05, 0) is 92.1 Å². The first-order valence-electron chi connectivity index (χ1n) is 11.4. The molecule has 5 rings (SSSR count). The van der Waals surface area contributed by atoms with E-state index in [1.54, 1.807) is 42.5 Å². The van der Waals surface area contributed by atoms with Crippen molar-refractivity contribution in [2.75, 3.05) is 7.11 Å². The Morgan fingerprint density at radius 3 is 2.53 bits per heavy atom. The fourth-order valence-corrected chi connectivity index (χ4v) is 5.55. The molecule has 1 saturated heterocycles. The summed E-state index contributed by atoms with van der Waals surface area (Å²) in [6.45, 7) is 0.177. The van der Waals surface area contributed by atoms with Crippen LogP contribution in [0.5, 0.6) is 11.5 Å². The van der Waals surface area contributed by atoms with Gasteiger partial charge in [0, 0.05) is 5.02 Å². The van der Waals surface area contributed by atoms with E-state index in [0.29, 0.717) is 20.6 Å². The van der Waals surface area contributed by atoms with Gasteiger partial charge >= 0.3 is 5.97 Å². The average molecular weight is 609 g/mol. The minimum absolute atomic E-state index is 0.177. The van der Waals surface area contributed by atoms with Crippen LogP contribution in [-0.2, 0) is 11.3 Å². The second kappa shape index (κ2) is 11.0. The number of amides is 2. The first-order valence-corrected chi connectivity index (χ1v) is 13.4. The average Bonchev–Trinajstić information content (AvgIpc) is 3.17. The molecular formula is C29H19BrClNO5S. The molecule has 0 unspecified atom stereocenters. The number of hydrogen-bond donors (Lipinski definition) is 0. The first-order chi connectivity index (χ1) is 18.3. The van der Waals surface area contributed by atoms with E-state index < -0.39 is 5.97 Å². The fourth-order valence-electron chi connectivity index (χ4n) is 4.05. The Morgan fingerprint density at radius 2 is 1.76 bits per heavy atom. The molecule has 6 nitrogen and oxygen atoms in total. The lowest BCUT2D eigenvalue weighted by Gasteiger charge is -2.14. The minimum Gasteiger partial charge on any atom is -0.493 e. The summed E-state index contributed by atoms with van der Waals surface area (Å²) in [5.74, 6) is -0.485. The van der Waals surface area contributed by atoms with Gasteiger partial charge in [-0.1, -0.05) is 54.1 Å². The van der Waals surface area contributed by atoms with Crippen molar-refractivity contribution in [3.8, 4) is 11.5 Å². The Balaban J connectivity index is 1.38. The van der Waals surface area contributed by atoms with Gasteiger partial charge in [0.2, 0.25) is 0 Å². The number of ether oxygens (including phenoxy) is 2. The van der Waals surface area contributed by atoms with Crippen molar-refractivity contribution in [1.82, 2.24) is 4.90 Å². The highest BCUT2D eigenvalue weighted by atomic mass is 79.9. The van der Waals surface area contributed by atoms with Crippen LogP contribution in [0.15, 0.2) is 88.2 Å². The number of fused-ring (bicyclic) bond motifs is 1. The number of methoxy groups -OCH3 is 1. The highest BCUT2D eigenvalue weighted by Crippen LogP contribution is 2.40. The molecule has 0 radical (unpaired) electrons. The Kier molecular flexibility index (Phi) is 7.56. The summed E-state index contributed by atoms with van der Waals surface area (Å²) < 4.78 is 11.5. The number of halogens is 2. The van der Waals surface area contributed by atoms with Crippen molar-refractivity contribution in [2.45, 2.75) is 6.54 Å². The maximum Gasteiger partial charge on any atom is 0.343 e. The second-order valence-electron chi connectivity index (χ2n) is 8.34. The van der Waals surface area contributed by atoms with Gasteiger partial charge < -0.3 is 9.47 Å². The van der Waals surface area contributed by atoms with Crippen LogP contribution in [-0.4, -0.2) is 29.1 Å². The number of thioether (sulfide) groups is 1. The summed E-state index contributed by atoms with van der Waals surface area (Å²) in [4.78, 5) is 40.1. The third-order valence-corrected chi connectivity index (χ3v) is 7.65. The van der Waals surface area contributed by atoms with Gasteiger partial charge in [0.15, 0.2) is 11.5 Å². The van der Waals surface area contributed by atoms with Gasteiger partial charge in [-0.3, -0.25) is 14.5 Å². The maximum atomic E-state index is 13.2. The van der Waals surface area contributed by atoms with E-state index in [1.165, 1.54) is 12.0 Å². The van der Waals surface area contributed by atoms with Gasteiger partial charge in [0.05, 0.1) is 28.6 Å². The largest absolute Gasteiger partial charge is 0.493 e. The Labute approximate surface area is 236 Å². The molecule has 190 valence electrons. The molecule has 9 heteroatoms. The van der Waals surface area contributed by atoms with Crippen molar-refractivity contribution in [3.05, 3.63) is 110 Å². The van der Waals surface area contributed by atoms with Crippen LogP contribution >= 0.6 is 39.3 Å². The van der Waals surface area contributed by atoms with Gasteiger partial charge in [-0.25, -0.2) is 4.79 Å². The van der Waals surface area contributed by atoms with Crippen molar-refractivity contribution < 1.29 is 23.9 Å². The quantitative estimate of drug-likeness (QED) is 0.127. The minimum atomic E-state index is -0.581. The molecule has 0 aliphatic carbocycles. The van der Waals surface area contributed by atoms with E-state index >= 15 is 0 Å². The number of imide groups is 1. The molecule has 1 aliphatic rings. The normalized spacial score (nSPS) is 14.4. The molecule has 2 amide bonds. The maximum absolute atomic E-state index is 13.2. The lowest BCUT2D eigenvalue weighted by molar-refractivity contribution is -0.123. The molecule has 1 aliphatic heterocycles. The molecule has 0 atom stereocenters. The highest BCUT2D eigenvalue weighted by molar-refractivity contribution is 9.10. The number of nitrogens with zero attached hydrogens (tertiary/aromatic N) is 1. The second-order valence-corrected chi connectivity index (χ2v) is 10.6. The molecule has 0 saturated carbocycles. The summed E-state index contributed by atoms with van der Waals surface area (Å²) in [6, 6.07) is 23.3. The number of rotatable bonds is 6. The number of esters is 1. The van der Waals surface area contributed by atoms with Crippen LogP contribution in [0.1, 0.15) is 21.5 Å². The van der Waals surface area contributed by atoms with Gasteiger partial charge in [0.1, 0.15) is 0 Å². The van der Waals surface area contributed by atoms with E-state index in [-0.39, 0.29) is 34.1 Å². The number of carbonyl (C=O) groups is 3. The summed E-state index contributed by atoms with van der Waals surface area (Å²) in [5.41, 5.74) is 1.81. The van der Waals surface area contributed by atoms with Crippen LogP contribution in [0.4, 0.5) is 4.79 Å². The van der Waals surface area contributed by atoms with Crippen LogP contribution in [0.25, 0.3) is 16.8 Å². The monoisotopic (exact) mass is 607 g/mol. The number of hydrogen-bond acceptors (Lipinski definition) is 6. The van der Waals surface area contributed by atoms with E-state index in [4.69, 9.17) is 21.1 Å². The molecule has 0 aromatic heterocycles. The molecular weight excluding hydrogens is 590 g/mol. The SMILES string of the molecule is COc1cc(/C=C2\SC(=O)N(Cc3cccc4ccccc34)C2=O)cc(Br)c1OC(=O)c1ccc(Cl)cc1. The van der Waals surface area contributed by atoms with Crippen molar-refractivity contribution >= 4 is 73.3 Å². The molecule has 4 aromatic rings. The predicted octanol–water partition coefficient (Wildman–Crippen LogP) is 7.72. The van der Waals surface area contributed by atoms with Crippen LogP contribution in [0.2, 0.25) is 5.02 Å². The summed E-state index contributed by atoms with van der Waals surface area (Å²) >= 11 is 10.2. The van der Waals surface area contributed by atoms with E-state index in [1.807, 2.05) is 42.5 Å². The third kappa shape index (κ3) is 5.34. The van der Waals surface area contributed by atoms with Gasteiger partial charge in [-0.2, -0.15) is 0 Å². The Morgan fingerprint density at radius 1 is 1.03 bits per heavy atom. The Hall–Kier alpha value is -3.59. The van der Waals surface area contributed by atoms with Crippen molar-refractivity contribution in [2.24, 2.45) is 0 Å². The number of benzene rings is 4. The molecule has 4 aromatic carbocycles. The van der Waals surface area contributed by atoms with Gasteiger partial charge in [0.25, 0.3) is 11.1 Å². The van der Waals surface area contributed by atoms with E-state index in [0.717, 1.165) is 28.1 Å². The molecule has 1 heterocycles. The molecule has 0 spiro atoms. The molecule has 38 heavy (non-hydrogen) atoms. The summed E-state index contributed by atoms with van der Waals surface area (Å²) in [7, 11) is 1.45.